The Balaban J connectivity index is 1.92. The van der Waals surface area contributed by atoms with Gasteiger partial charge in [0, 0.05) is 24.2 Å². The summed E-state index contributed by atoms with van der Waals surface area (Å²) in [4.78, 5) is 7.52. The largest absolute Gasteiger partial charge is 0.506 e. The summed E-state index contributed by atoms with van der Waals surface area (Å²) in [5, 5.41) is 25.0. The van der Waals surface area contributed by atoms with Crippen LogP contribution in [-0.4, -0.2) is 36.4 Å². The summed E-state index contributed by atoms with van der Waals surface area (Å²) in [6.45, 7) is 3.85. The number of nitrogens with zero attached hydrogens (tertiary/aromatic N) is 4. The number of amidine groups is 1. The third-order valence-corrected chi connectivity index (χ3v) is 4.14. The van der Waals surface area contributed by atoms with Gasteiger partial charge in [-0.1, -0.05) is 6.07 Å². The lowest BCUT2D eigenvalue weighted by atomic mass is 10.1. The summed E-state index contributed by atoms with van der Waals surface area (Å²) in [6, 6.07) is 6.24. The van der Waals surface area contributed by atoms with Crippen LogP contribution in [0.15, 0.2) is 41.5 Å². The second-order valence-electron chi connectivity index (χ2n) is 7.26. The molecule has 0 amide bonds. The van der Waals surface area contributed by atoms with Gasteiger partial charge in [-0.15, -0.1) is 0 Å². The average Bonchev–Trinajstić information content (AvgIpc) is 3.01. The van der Waals surface area contributed by atoms with Gasteiger partial charge in [-0.05, 0) is 38.5 Å². The van der Waals surface area contributed by atoms with E-state index in [0.717, 1.165) is 6.07 Å². The second kappa shape index (κ2) is 7.36. The van der Waals surface area contributed by atoms with E-state index in [1.165, 1.54) is 24.3 Å². The molecule has 3 aromatic rings. The molecule has 0 bridgehead atoms. The lowest BCUT2D eigenvalue weighted by Crippen LogP contribution is -2.21. The van der Waals surface area contributed by atoms with Crippen LogP contribution in [0.3, 0.4) is 0 Å². The van der Waals surface area contributed by atoms with Gasteiger partial charge in [-0.2, -0.15) is 18.3 Å². The molecule has 0 saturated carbocycles. The van der Waals surface area contributed by atoms with Crippen LogP contribution >= 0.6 is 0 Å². The van der Waals surface area contributed by atoms with Crippen molar-refractivity contribution in [2.24, 2.45) is 10.7 Å². The Labute approximate surface area is 164 Å². The summed E-state index contributed by atoms with van der Waals surface area (Å²) in [5.74, 6) is -0.486. The van der Waals surface area contributed by atoms with Gasteiger partial charge in [0.1, 0.15) is 28.7 Å². The number of halogens is 3. The summed E-state index contributed by atoms with van der Waals surface area (Å²) in [5.41, 5.74) is 4.32. The quantitative estimate of drug-likeness (QED) is 0.444. The topological polar surface area (TPSA) is 110 Å². The molecule has 0 spiro atoms. The Morgan fingerprint density at radius 2 is 1.97 bits per heavy atom. The number of aliphatic imine (C=N–C) groups is 1. The van der Waals surface area contributed by atoms with Crippen LogP contribution in [0, 0.1) is 0 Å². The summed E-state index contributed by atoms with van der Waals surface area (Å²) in [6.07, 6.45) is -2.40. The molecule has 0 radical (unpaired) electrons. The minimum absolute atomic E-state index is 0.0799. The first-order valence-corrected chi connectivity index (χ1v) is 8.74. The van der Waals surface area contributed by atoms with Gasteiger partial charge in [0.15, 0.2) is 0 Å². The van der Waals surface area contributed by atoms with E-state index < -0.39 is 17.5 Å². The molecule has 7 nitrogen and oxygen atoms in total. The number of hydrogen-bond acceptors (Lipinski definition) is 5. The number of phenolic OH excluding ortho intramolecular Hbond substituents is 1. The first-order chi connectivity index (χ1) is 13.4. The van der Waals surface area contributed by atoms with E-state index in [4.69, 9.17) is 5.73 Å². The monoisotopic (exact) mass is 407 g/mol. The summed E-state index contributed by atoms with van der Waals surface area (Å²) in [7, 11) is 0. The molecule has 1 aromatic carbocycles. The number of aryl methyl sites for hydroxylation is 1. The van der Waals surface area contributed by atoms with Crippen molar-refractivity contribution >= 4 is 22.4 Å². The fraction of sp³-hybridized carbons (Fsp3) is 0.316. The smallest absolute Gasteiger partial charge is 0.433 e. The molecule has 0 saturated heterocycles. The SMILES string of the molecule is CC(C)(O)CCn1cc2cc(N=C(N)c3cccc(C(F)(F)F)n3)c(O)cc2n1. The van der Waals surface area contributed by atoms with Crippen LogP contribution in [0.1, 0.15) is 31.7 Å². The highest BCUT2D eigenvalue weighted by Gasteiger charge is 2.32. The fourth-order valence-corrected chi connectivity index (χ4v) is 2.61. The van der Waals surface area contributed by atoms with Crippen molar-refractivity contribution in [3.8, 4) is 5.75 Å². The maximum Gasteiger partial charge on any atom is 0.433 e. The number of aromatic hydroxyl groups is 1. The maximum atomic E-state index is 12.8. The zero-order valence-corrected chi connectivity index (χ0v) is 15.8. The summed E-state index contributed by atoms with van der Waals surface area (Å²) < 4.78 is 40.1. The van der Waals surface area contributed by atoms with Crippen LogP contribution in [0.2, 0.25) is 0 Å². The Hall–Kier alpha value is -3.14. The van der Waals surface area contributed by atoms with Crippen molar-refractivity contribution in [3.05, 3.63) is 47.9 Å². The van der Waals surface area contributed by atoms with Crippen molar-refractivity contribution < 1.29 is 23.4 Å². The van der Waals surface area contributed by atoms with E-state index in [1.807, 2.05) is 0 Å². The Morgan fingerprint density at radius 1 is 1.24 bits per heavy atom. The maximum absolute atomic E-state index is 12.8. The number of rotatable bonds is 5. The number of fused-ring (bicyclic) bond motifs is 1. The molecule has 0 unspecified atom stereocenters. The van der Waals surface area contributed by atoms with Crippen LogP contribution in [0.4, 0.5) is 18.9 Å². The van der Waals surface area contributed by atoms with Gasteiger partial charge in [-0.3, -0.25) is 4.68 Å². The molecule has 4 N–H and O–H groups in total. The van der Waals surface area contributed by atoms with Crippen LogP contribution in [-0.2, 0) is 12.7 Å². The number of aromatic nitrogens is 3. The Morgan fingerprint density at radius 3 is 2.62 bits per heavy atom. The number of nitrogens with two attached hydrogens (primary N) is 1. The van der Waals surface area contributed by atoms with Crippen molar-refractivity contribution in [1.29, 1.82) is 0 Å². The molecule has 0 aliphatic rings. The van der Waals surface area contributed by atoms with Gasteiger partial charge in [0.2, 0.25) is 0 Å². The normalized spacial score (nSPS) is 13.2. The van der Waals surface area contributed by atoms with Crippen molar-refractivity contribution in [2.45, 2.75) is 38.6 Å². The van der Waals surface area contributed by atoms with Crippen LogP contribution < -0.4 is 5.73 Å². The number of aliphatic hydroxyl groups is 1. The highest BCUT2D eigenvalue weighted by Crippen LogP contribution is 2.32. The number of pyridine rings is 1. The average molecular weight is 407 g/mol. The zero-order chi connectivity index (χ0) is 21.4. The molecular weight excluding hydrogens is 387 g/mol. The van der Waals surface area contributed by atoms with Gasteiger partial charge in [0.05, 0.1) is 11.1 Å². The Bertz CT molecular complexity index is 1070. The van der Waals surface area contributed by atoms with Crippen LogP contribution in [0.5, 0.6) is 5.75 Å². The van der Waals surface area contributed by atoms with Gasteiger partial charge >= 0.3 is 6.18 Å². The van der Waals surface area contributed by atoms with E-state index in [9.17, 15) is 23.4 Å². The summed E-state index contributed by atoms with van der Waals surface area (Å²) >= 11 is 0. The lowest BCUT2D eigenvalue weighted by molar-refractivity contribution is -0.141. The minimum atomic E-state index is -4.60. The third kappa shape index (κ3) is 5.02. The van der Waals surface area contributed by atoms with E-state index in [-0.39, 0.29) is 23.0 Å². The van der Waals surface area contributed by atoms with Crippen molar-refractivity contribution in [3.63, 3.8) is 0 Å². The van der Waals surface area contributed by atoms with Crippen molar-refractivity contribution in [1.82, 2.24) is 14.8 Å². The van der Waals surface area contributed by atoms with E-state index in [1.54, 1.807) is 24.7 Å². The van der Waals surface area contributed by atoms with Gasteiger partial charge in [0.25, 0.3) is 0 Å². The first kappa shape index (κ1) is 20.6. The molecule has 2 aromatic heterocycles. The number of phenols is 1. The molecule has 0 fully saturated rings. The van der Waals surface area contributed by atoms with E-state index >= 15 is 0 Å². The lowest BCUT2D eigenvalue weighted by Gasteiger charge is -2.16. The molecule has 0 aliphatic heterocycles. The first-order valence-electron chi connectivity index (χ1n) is 8.74. The van der Waals surface area contributed by atoms with Gasteiger partial charge < -0.3 is 15.9 Å². The molecule has 3 rings (SSSR count). The highest BCUT2D eigenvalue weighted by molar-refractivity contribution is 5.98. The third-order valence-electron chi connectivity index (χ3n) is 4.14. The van der Waals surface area contributed by atoms with Gasteiger partial charge in [-0.25, -0.2) is 9.98 Å². The molecule has 10 heteroatoms. The predicted octanol–water partition coefficient (Wildman–Crippen LogP) is 3.35. The number of benzene rings is 1. The molecule has 0 atom stereocenters. The Kier molecular flexibility index (Phi) is 5.22. The number of alkyl halides is 3. The zero-order valence-electron chi connectivity index (χ0n) is 15.8. The molecular formula is C19H20F3N5O2. The predicted molar refractivity (Wildman–Crippen MR) is 102 cm³/mol. The number of hydrogen-bond donors (Lipinski definition) is 3. The second-order valence-corrected chi connectivity index (χ2v) is 7.26. The molecule has 154 valence electrons. The fourth-order valence-electron chi connectivity index (χ4n) is 2.61. The van der Waals surface area contributed by atoms with E-state index in [2.05, 4.69) is 15.1 Å². The van der Waals surface area contributed by atoms with E-state index in [0.29, 0.717) is 23.9 Å². The standard InChI is InChI=1S/C19H20F3N5O2/c1-18(2,29)6-7-27-10-11-8-14(15(28)9-13(11)26-27)25-17(23)12-4-3-5-16(24-12)19(20,21)22/h3-5,8-10,28-29H,6-7H2,1-2H3,(H2,23,25). The highest BCUT2D eigenvalue weighted by atomic mass is 19.4. The minimum Gasteiger partial charge on any atom is -0.506 e. The molecule has 29 heavy (non-hydrogen) atoms. The molecule has 0 aliphatic carbocycles. The van der Waals surface area contributed by atoms with Crippen LogP contribution in [0.25, 0.3) is 10.9 Å². The molecule has 2 heterocycles. The van der Waals surface area contributed by atoms with Crippen molar-refractivity contribution in [2.75, 3.05) is 0 Å².